The SMILES string of the molecule is COCCN1CCOc2ncc(S(=O)(=O)N3CCC4(CC3)C[C@@H](NC[C@H](O)COc3cccc(S(=O)(=O)C5CC5)c3)CO4)cc21. The van der Waals surface area contributed by atoms with Crippen LogP contribution in [0.5, 0.6) is 11.6 Å². The molecule has 3 aliphatic heterocycles. The summed E-state index contributed by atoms with van der Waals surface area (Å²) < 4.78 is 76.4. The summed E-state index contributed by atoms with van der Waals surface area (Å²) in [6.07, 6.45) is 3.79. The van der Waals surface area contributed by atoms with Gasteiger partial charge in [-0.3, -0.25) is 0 Å². The van der Waals surface area contributed by atoms with E-state index in [1.54, 1.807) is 31.4 Å². The third-order valence-electron chi connectivity index (χ3n) is 8.98. The first-order valence-corrected chi connectivity index (χ1v) is 18.5. The van der Waals surface area contributed by atoms with Crippen molar-refractivity contribution in [2.75, 3.05) is 71.2 Å². The van der Waals surface area contributed by atoms with Crippen LogP contribution in [0.25, 0.3) is 0 Å². The maximum atomic E-state index is 13.6. The smallest absolute Gasteiger partial charge is 0.244 e. The number of benzene rings is 1. The molecule has 0 unspecified atom stereocenters. The lowest BCUT2D eigenvalue weighted by molar-refractivity contribution is -0.0312. The highest BCUT2D eigenvalue weighted by atomic mass is 32.2. The van der Waals surface area contributed by atoms with Gasteiger partial charge in [0.25, 0.3) is 0 Å². The van der Waals surface area contributed by atoms with Crippen molar-refractivity contribution >= 4 is 25.5 Å². The predicted molar refractivity (Wildman–Crippen MR) is 165 cm³/mol. The summed E-state index contributed by atoms with van der Waals surface area (Å²) in [6, 6.07) is 8.08. The van der Waals surface area contributed by atoms with Crippen molar-refractivity contribution in [3.63, 3.8) is 0 Å². The fourth-order valence-electron chi connectivity index (χ4n) is 6.18. The molecule has 1 spiro atoms. The van der Waals surface area contributed by atoms with Gasteiger partial charge in [0, 0.05) is 39.3 Å². The van der Waals surface area contributed by atoms with Gasteiger partial charge in [-0.1, -0.05) is 6.07 Å². The Morgan fingerprint density at radius 3 is 2.69 bits per heavy atom. The van der Waals surface area contributed by atoms with Crippen LogP contribution in [0.1, 0.15) is 32.1 Å². The van der Waals surface area contributed by atoms with Crippen LogP contribution in [-0.4, -0.2) is 120 Å². The lowest BCUT2D eigenvalue weighted by Gasteiger charge is -2.38. The van der Waals surface area contributed by atoms with Crippen molar-refractivity contribution in [2.24, 2.45) is 0 Å². The lowest BCUT2D eigenvalue weighted by Crippen LogP contribution is -2.47. The fraction of sp³-hybridized carbons (Fsp3) is 0.633. The normalized spacial score (nSPS) is 22.6. The summed E-state index contributed by atoms with van der Waals surface area (Å²) in [4.78, 5) is 6.73. The van der Waals surface area contributed by atoms with E-state index >= 15 is 0 Å². The van der Waals surface area contributed by atoms with Gasteiger partial charge in [-0.2, -0.15) is 4.31 Å². The quantitative estimate of drug-likeness (QED) is 0.316. The number of fused-ring (bicyclic) bond motifs is 1. The molecule has 2 atom stereocenters. The van der Waals surface area contributed by atoms with E-state index in [-0.39, 0.29) is 34.2 Å². The number of pyridine rings is 1. The summed E-state index contributed by atoms with van der Waals surface area (Å²) in [5.41, 5.74) is 0.237. The van der Waals surface area contributed by atoms with Crippen LogP contribution < -0.4 is 19.7 Å². The summed E-state index contributed by atoms with van der Waals surface area (Å²) >= 11 is 0. The van der Waals surface area contributed by atoms with Gasteiger partial charge in [0.1, 0.15) is 35.7 Å². The Morgan fingerprint density at radius 2 is 1.93 bits per heavy atom. The maximum absolute atomic E-state index is 13.6. The first kappa shape index (κ1) is 32.4. The Bertz CT molecular complexity index is 1560. The molecule has 15 heteroatoms. The Hall–Kier alpha value is -2.53. The molecule has 45 heavy (non-hydrogen) atoms. The number of sulfone groups is 1. The Morgan fingerprint density at radius 1 is 1.13 bits per heavy atom. The van der Waals surface area contributed by atoms with Gasteiger partial charge in [-0.25, -0.2) is 21.8 Å². The number of methoxy groups -OCH3 is 1. The number of hydrogen-bond donors (Lipinski definition) is 2. The van der Waals surface area contributed by atoms with Gasteiger partial charge in [-0.05, 0) is 56.4 Å². The molecule has 1 aliphatic carbocycles. The van der Waals surface area contributed by atoms with Gasteiger partial charge in [0.15, 0.2) is 9.84 Å². The molecule has 1 aromatic heterocycles. The Kier molecular flexibility index (Phi) is 9.58. The molecule has 6 rings (SSSR count). The number of anilines is 1. The molecule has 2 aromatic rings. The zero-order chi connectivity index (χ0) is 31.7. The first-order valence-electron chi connectivity index (χ1n) is 15.5. The highest BCUT2D eigenvalue weighted by molar-refractivity contribution is 7.92. The van der Waals surface area contributed by atoms with E-state index < -0.39 is 31.6 Å². The van der Waals surface area contributed by atoms with Gasteiger partial charge in [-0.15, -0.1) is 0 Å². The van der Waals surface area contributed by atoms with Crippen LogP contribution in [0.15, 0.2) is 46.3 Å². The number of aliphatic hydroxyl groups excluding tert-OH is 1. The number of nitrogens with one attached hydrogen (secondary N) is 1. The molecule has 1 saturated carbocycles. The van der Waals surface area contributed by atoms with Crippen molar-refractivity contribution in [1.29, 1.82) is 0 Å². The van der Waals surface area contributed by atoms with E-state index in [4.69, 9.17) is 18.9 Å². The second kappa shape index (κ2) is 13.3. The predicted octanol–water partition coefficient (Wildman–Crippen LogP) is 1.20. The van der Waals surface area contributed by atoms with E-state index in [9.17, 15) is 21.9 Å². The number of rotatable bonds is 13. The van der Waals surface area contributed by atoms with Crippen molar-refractivity contribution in [3.8, 4) is 11.6 Å². The molecule has 248 valence electrons. The van der Waals surface area contributed by atoms with Crippen LogP contribution in [0.4, 0.5) is 5.69 Å². The third kappa shape index (κ3) is 7.24. The number of piperidine rings is 1. The molecule has 13 nitrogen and oxygen atoms in total. The number of nitrogens with zero attached hydrogens (tertiary/aromatic N) is 3. The number of hydrogen-bond acceptors (Lipinski definition) is 12. The van der Waals surface area contributed by atoms with E-state index in [0.717, 1.165) is 0 Å². The molecule has 1 aromatic carbocycles. The van der Waals surface area contributed by atoms with Crippen LogP contribution >= 0.6 is 0 Å². The number of aromatic nitrogens is 1. The van der Waals surface area contributed by atoms with E-state index in [0.29, 0.717) is 95.4 Å². The summed E-state index contributed by atoms with van der Waals surface area (Å²) in [5, 5.41) is 13.6. The van der Waals surface area contributed by atoms with E-state index in [1.165, 1.54) is 16.6 Å². The highest BCUT2D eigenvalue weighted by Gasteiger charge is 2.45. The summed E-state index contributed by atoms with van der Waals surface area (Å²) in [6.45, 7) is 3.66. The Balaban J connectivity index is 0.974. The van der Waals surface area contributed by atoms with E-state index in [2.05, 4.69) is 10.3 Å². The maximum Gasteiger partial charge on any atom is 0.244 e. The van der Waals surface area contributed by atoms with Crippen LogP contribution in [0.2, 0.25) is 0 Å². The molecule has 0 amide bonds. The second-order valence-corrected chi connectivity index (χ2v) is 16.4. The highest BCUT2D eigenvalue weighted by Crippen LogP contribution is 2.39. The molecule has 3 fully saturated rings. The average molecular weight is 667 g/mol. The Labute approximate surface area is 264 Å². The monoisotopic (exact) mass is 666 g/mol. The van der Waals surface area contributed by atoms with E-state index in [1.807, 2.05) is 4.90 Å². The molecule has 4 aliphatic rings. The standard InChI is InChI=1S/C30H42N4O9S2/c1-40-13-11-33-12-14-41-29-28(33)16-27(19-32-29)45(38,39)34-9-7-30(8-10-34)17-22(20-43-30)31-18-23(35)21-42-24-3-2-4-26(15-24)44(36,37)25-5-6-25/h2-4,15-16,19,22-23,25,31,35H,5-14,17-18,20-21H2,1H3/t22-,23+/m1/s1. The molecule has 4 heterocycles. The minimum absolute atomic E-state index is 0.0118. The second-order valence-electron chi connectivity index (χ2n) is 12.2. The van der Waals surface area contributed by atoms with Gasteiger partial charge in [0.05, 0.1) is 41.7 Å². The first-order chi connectivity index (χ1) is 21.6. The van der Waals surface area contributed by atoms with Crippen LogP contribution in [0, 0.1) is 0 Å². The molecule has 2 N–H and O–H groups in total. The number of ether oxygens (including phenoxy) is 4. The minimum Gasteiger partial charge on any atom is -0.491 e. The van der Waals surface area contributed by atoms with Crippen LogP contribution in [0.3, 0.4) is 0 Å². The molecule has 0 radical (unpaired) electrons. The molecular weight excluding hydrogens is 624 g/mol. The molecule has 0 bridgehead atoms. The third-order valence-corrected chi connectivity index (χ3v) is 13.1. The fourth-order valence-corrected chi connectivity index (χ4v) is 9.28. The van der Waals surface area contributed by atoms with Crippen molar-refractivity contribution in [2.45, 2.75) is 64.9 Å². The van der Waals surface area contributed by atoms with Crippen LogP contribution in [-0.2, 0) is 29.3 Å². The lowest BCUT2D eigenvalue weighted by atomic mass is 9.88. The van der Waals surface area contributed by atoms with Crippen molar-refractivity contribution in [1.82, 2.24) is 14.6 Å². The topological polar surface area (TPSA) is 157 Å². The zero-order valence-corrected chi connectivity index (χ0v) is 27.1. The number of aliphatic hydroxyl groups is 1. The molecule has 2 saturated heterocycles. The van der Waals surface area contributed by atoms with Crippen molar-refractivity contribution < 1.29 is 40.9 Å². The zero-order valence-electron chi connectivity index (χ0n) is 25.5. The summed E-state index contributed by atoms with van der Waals surface area (Å²) in [7, 11) is -5.44. The number of sulfonamides is 1. The average Bonchev–Trinajstić information content (AvgIpc) is 3.85. The summed E-state index contributed by atoms with van der Waals surface area (Å²) in [5.74, 6) is 0.834. The van der Waals surface area contributed by atoms with Gasteiger partial charge in [0.2, 0.25) is 15.9 Å². The largest absolute Gasteiger partial charge is 0.491 e. The molecular formula is C30H42N4O9S2. The van der Waals surface area contributed by atoms with Gasteiger partial charge >= 0.3 is 0 Å². The minimum atomic E-state index is -3.76. The van der Waals surface area contributed by atoms with Gasteiger partial charge < -0.3 is 34.3 Å². The van der Waals surface area contributed by atoms with Crippen molar-refractivity contribution in [3.05, 3.63) is 36.5 Å².